The lowest BCUT2D eigenvalue weighted by atomic mass is 9.95. The summed E-state index contributed by atoms with van der Waals surface area (Å²) in [6, 6.07) is 8.08. The van der Waals surface area contributed by atoms with E-state index in [1.165, 1.54) is 0 Å². The quantitative estimate of drug-likeness (QED) is 0.732. The third-order valence-electron chi connectivity index (χ3n) is 3.09. The van der Waals surface area contributed by atoms with Crippen LogP contribution in [0.3, 0.4) is 0 Å². The third-order valence-corrected chi connectivity index (χ3v) is 3.09. The van der Waals surface area contributed by atoms with Gasteiger partial charge in [-0.3, -0.25) is 0 Å². The topological polar surface area (TPSA) is 87.7 Å². The molecule has 1 amide bonds. The molecule has 0 heterocycles. The van der Waals surface area contributed by atoms with Gasteiger partial charge in [0.05, 0.1) is 0 Å². The number of rotatable bonds is 6. The van der Waals surface area contributed by atoms with Crippen molar-refractivity contribution in [2.24, 2.45) is 0 Å². The van der Waals surface area contributed by atoms with Gasteiger partial charge in [-0.2, -0.15) is 0 Å². The molecule has 0 aliphatic carbocycles. The van der Waals surface area contributed by atoms with Gasteiger partial charge in [0.15, 0.2) is 0 Å². The lowest BCUT2D eigenvalue weighted by Gasteiger charge is -2.31. The molecule has 20 heavy (non-hydrogen) atoms. The van der Waals surface area contributed by atoms with E-state index in [1.54, 1.807) is 20.9 Å². The van der Waals surface area contributed by atoms with Crippen molar-refractivity contribution >= 4 is 12.1 Å². The molecule has 110 valence electrons. The highest BCUT2D eigenvalue weighted by atomic mass is 16.5. The van der Waals surface area contributed by atoms with Gasteiger partial charge in [-0.15, -0.1) is 0 Å². The molecule has 1 unspecified atom stereocenters. The van der Waals surface area contributed by atoms with Crippen molar-refractivity contribution in [3.05, 3.63) is 35.9 Å². The van der Waals surface area contributed by atoms with Crippen molar-refractivity contribution in [2.75, 3.05) is 7.05 Å². The van der Waals surface area contributed by atoms with Crippen LogP contribution >= 0.6 is 0 Å². The molecule has 0 aromatic heterocycles. The number of carbonyl (C=O) groups excluding carboxylic acids is 1. The van der Waals surface area contributed by atoms with Crippen LogP contribution in [-0.4, -0.2) is 35.8 Å². The first-order valence-corrected chi connectivity index (χ1v) is 6.25. The summed E-state index contributed by atoms with van der Waals surface area (Å²) in [5.41, 5.74) is 0.0415. The summed E-state index contributed by atoms with van der Waals surface area (Å²) in [7, 11) is 1.63. The molecule has 0 aliphatic heterocycles. The Bertz CT molecular complexity index is 460. The summed E-state index contributed by atoms with van der Waals surface area (Å²) < 4.78 is 5.01. The minimum atomic E-state index is -1.12. The number of hydrogen-bond donors (Lipinski definition) is 3. The first-order chi connectivity index (χ1) is 9.36. The molecule has 0 fully saturated rings. The van der Waals surface area contributed by atoms with E-state index < -0.39 is 23.6 Å². The smallest absolute Gasteiger partial charge is 0.408 e. The van der Waals surface area contributed by atoms with E-state index >= 15 is 0 Å². The second-order valence-corrected chi connectivity index (χ2v) is 4.95. The van der Waals surface area contributed by atoms with Crippen LogP contribution in [0.15, 0.2) is 30.3 Å². The van der Waals surface area contributed by atoms with E-state index in [2.05, 4.69) is 10.6 Å². The molecule has 0 saturated heterocycles. The maximum Gasteiger partial charge on any atom is 0.408 e. The van der Waals surface area contributed by atoms with Gasteiger partial charge in [0.25, 0.3) is 0 Å². The minimum Gasteiger partial charge on any atom is -0.480 e. The first kappa shape index (κ1) is 16.0. The average molecular weight is 280 g/mol. The van der Waals surface area contributed by atoms with E-state index in [4.69, 9.17) is 9.84 Å². The van der Waals surface area contributed by atoms with Crippen LogP contribution in [0.1, 0.15) is 19.4 Å². The number of nitrogens with one attached hydrogen (secondary N) is 2. The van der Waals surface area contributed by atoms with E-state index in [0.29, 0.717) is 0 Å². The van der Waals surface area contributed by atoms with Gasteiger partial charge in [-0.25, -0.2) is 9.59 Å². The van der Waals surface area contributed by atoms with E-state index in [0.717, 1.165) is 5.56 Å². The van der Waals surface area contributed by atoms with Crippen LogP contribution in [0.2, 0.25) is 0 Å². The van der Waals surface area contributed by atoms with Crippen LogP contribution in [0.25, 0.3) is 0 Å². The average Bonchev–Trinajstić information content (AvgIpc) is 2.43. The van der Waals surface area contributed by atoms with Gasteiger partial charge >= 0.3 is 12.1 Å². The fourth-order valence-electron chi connectivity index (χ4n) is 1.58. The number of aliphatic carboxylic acids is 1. The summed E-state index contributed by atoms with van der Waals surface area (Å²) in [5.74, 6) is -1.12. The molecule has 1 aromatic rings. The van der Waals surface area contributed by atoms with E-state index in [-0.39, 0.29) is 6.61 Å². The van der Waals surface area contributed by atoms with Crippen molar-refractivity contribution in [1.29, 1.82) is 0 Å². The largest absolute Gasteiger partial charge is 0.480 e. The maximum atomic E-state index is 11.7. The fraction of sp³-hybridized carbons (Fsp3) is 0.429. The zero-order valence-electron chi connectivity index (χ0n) is 11.8. The maximum absolute atomic E-state index is 11.7. The van der Waals surface area contributed by atoms with Crippen molar-refractivity contribution < 1.29 is 19.4 Å². The standard InChI is InChI=1S/C14H20N2O4/c1-14(2,15-3)11(12(17)18)16-13(19)20-9-10-7-5-4-6-8-10/h4-8,11,15H,9H2,1-3H3,(H,16,19)(H,17,18). The number of carboxylic acid groups (broad SMARTS) is 1. The summed E-state index contributed by atoms with van der Waals surface area (Å²) in [5, 5.41) is 14.4. The van der Waals surface area contributed by atoms with Crippen LogP contribution in [0.4, 0.5) is 4.79 Å². The lowest BCUT2D eigenvalue weighted by Crippen LogP contribution is -2.60. The number of carboxylic acids is 1. The second-order valence-electron chi connectivity index (χ2n) is 4.95. The Hall–Kier alpha value is -2.08. The molecule has 3 N–H and O–H groups in total. The summed E-state index contributed by atoms with van der Waals surface area (Å²) in [6.07, 6.45) is -0.760. The predicted octanol–water partition coefficient (Wildman–Crippen LogP) is 1.36. The van der Waals surface area contributed by atoms with Gasteiger partial charge < -0.3 is 20.5 Å². The Balaban J connectivity index is 2.57. The molecule has 1 rings (SSSR count). The van der Waals surface area contributed by atoms with Crippen LogP contribution in [0, 0.1) is 0 Å². The number of likely N-dealkylation sites (N-methyl/N-ethyl adjacent to an activating group) is 1. The zero-order valence-corrected chi connectivity index (χ0v) is 11.8. The number of carbonyl (C=O) groups is 2. The number of hydrogen-bond acceptors (Lipinski definition) is 4. The Morgan fingerprint density at radius 2 is 1.90 bits per heavy atom. The highest BCUT2D eigenvalue weighted by Gasteiger charge is 2.35. The SMILES string of the molecule is CNC(C)(C)C(NC(=O)OCc1ccccc1)C(=O)O. The highest BCUT2D eigenvalue weighted by Crippen LogP contribution is 2.09. The molecule has 0 radical (unpaired) electrons. The molecule has 0 bridgehead atoms. The highest BCUT2D eigenvalue weighted by molar-refractivity contribution is 5.81. The molecule has 6 heteroatoms. The monoisotopic (exact) mass is 280 g/mol. The Labute approximate surface area is 118 Å². The fourth-order valence-corrected chi connectivity index (χ4v) is 1.58. The number of ether oxygens (including phenoxy) is 1. The number of alkyl carbamates (subject to hydrolysis) is 1. The predicted molar refractivity (Wildman–Crippen MR) is 74.3 cm³/mol. The lowest BCUT2D eigenvalue weighted by molar-refractivity contribution is -0.141. The molecular formula is C14H20N2O4. The molecule has 6 nitrogen and oxygen atoms in total. The normalized spacial score (nSPS) is 12.6. The van der Waals surface area contributed by atoms with Crippen molar-refractivity contribution in [3.63, 3.8) is 0 Å². The van der Waals surface area contributed by atoms with Gasteiger partial charge in [-0.1, -0.05) is 30.3 Å². The van der Waals surface area contributed by atoms with E-state index in [1.807, 2.05) is 30.3 Å². The van der Waals surface area contributed by atoms with Crippen molar-refractivity contribution in [3.8, 4) is 0 Å². The molecule has 1 atom stereocenters. The van der Waals surface area contributed by atoms with E-state index in [9.17, 15) is 9.59 Å². The Morgan fingerprint density at radius 3 is 2.40 bits per heavy atom. The van der Waals surface area contributed by atoms with Crippen LogP contribution in [-0.2, 0) is 16.1 Å². The molecule has 0 spiro atoms. The van der Waals surface area contributed by atoms with Gasteiger partial charge in [0.2, 0.25) is 0 Å². The zero-order chi connectivity index (χ0) is 15.2. The minimum absolute atomic E-state index is 0.0962. The first-order valence-electron chi connectivity index (χ1n) is 6.25. The summed E-state index contributed by atoms with van der Waals surface area (Å²) >= 11 is 0. The van der Waals surface area contributed by atoms with Gasteiger partial charge in [-0.05, 0) is 26.5 Å². The molecule has 0 saturated carbocycles. The van der Waals surface area contributed by atoms with Crippen LogP contribution < -0.4 is 10.6 Å². The Morgan fingerprint density at radius 1 is 1.30 bits per heavy atom. The third kappa shape index (κ3) is 4.55. The second kappa shape index (κ2) is 6.91. The van der Waals surface area contributed by atoms with Crippen LogP contribution in [0.5, 0.6) is 0 Å². The molecule has 0 aliphatic rings. The summed E-state index contributed by atoms with van der Waals surface area (Å²) in [6.45, 7) is 3.46. The summed E-state index contributed by atoms with van der Waals surface area (Å²) in [4.78, 5) is 22.9. The number of amides is 1. The van der Waals surface area contributed by atoms with Crippen molar-refractivity contribution in [2.45, 2.75) is 32.0 Å². The Kier molecular flexibility index (Phi) is 5.52. The molecular weight excluding hydrogens is 260 g/mol. The van der Waals surface area contributed by atoms with Gasteiger partial charge in [0, 0.05) is 5.54 Å². The van der Waals surface area contributed by atoms with Crippen molar-refractivity contribution in [1.82, 2.24) is 10.6 Å². The van der Waals surface area contributed by atoms with Gasteiger partial charge in [0.1, 0.15) is 12.6 Å². The number of benzene rings is 1. The molecule has 1 aromatic carbocycles.